The van der Waals surface area contributed by atoms with E-state index in [0.717, 1.165) is 17.1 Å². The normalized spacial score (nSPS) is 13.9. The minimum atomic E-state index is -2.87. The average molecular weight is 874 g/mol. The Kier molecular flexibility index (Phi) is 9.09. The molecule has 310 valence electrons. The molecule has 2 aliphatic rings. The summed E-state index contributed by atoms with van der Waals surface area (Å²) in [6, 6.07) is 98.2. The summed E-state index contributed by atoms with van der Waals surface area (Å²) in [6.07, 6.45) is 0. The van der Waals surface area contributed by atoms with E-state index in [9.17, 15) is 0 Å². The first-order valence-corrected chi connectivity index (χ1v) is 25.6. The third kappa shape index (κ3) is 5.73. The number of hydrogen-bond acceptors (Lipinski definition) is 2. The van der Waals surface area contributed by atoms with Gasteiger partial charge in [0, 0.05) is 26.9 Å². The minimum Gasteiger partial charge on any atom is -0.310 e. The molecule has 13 rings (SSSR count). The van der Waals surface area contributed by atoms with Crippen LogP contribution in [0, 0.1) is 0 Å². The summed E-state index contributed by atoms with van der Waals surface area (Å²) in [4.78, 5) is 5.04. The molecule has 2 aliphatic heterocycles. The lowest BCUT2D eigenvalue weighted by Gasteiger charge is -2.51. The van der Waals surface area contributed by atoms with Crippen LogP contribution in [0.15, 0.2) is 271 Å². The van der Waals surface area contributed by atoms with Gasteiger partial charge in [-0.3, -0.25) is 0 Å². The van der Waals surface area contributed by atoms with Crippen LogP contribution in [0.1, 0.15) is 22.3 Å². The second kappa shape index (κ2) is 15.5. The summed E-state index contributed by atoms with van der Waals surface area (Å²) in [7, 11) is -2.87. The smallest absolute Gasteiger partial charge is 0.180 e. The van der Waals surface area contributed by atoms with Crippen LogP contribution in [0.3, 0.4) is 0 Å². The van der Waals surface area contributed by atoms with Gasteiger partial charge in [-0.1, -0.05) is 224 Å². The number of fused-ring (bicyclic) bond motifs is 11. The summed E-state index contributed by atoms with van der Waals surface area (Å²) in [5, 5.41) is 10.7. The molecule has 3 heteroatoms. The summed E-state index contributed by atoms with van der Waals surface area (Å²) < 4.78 is 0. The first-order valence-electron chi connectivity index (χ1n) is 22.8. The predicted molar refractivity (Wildman–Crippen MR) is 281 cm³/mol. The summed E-state index contributed by atoms with van der Waals surface area (Å²) in [6.45, 7) is 0. The highest BCUT2D eigenvalue weighted by Crippen LogP contribution is 2.57. The van der Waals surface area contributed by atoms with E-state index in [-0.39, 0.29) is 0 Å². The minimum absolute atomic E-state index is 0.606. The van der Waals surface area contributed by atoms with E-state index >= 15 is 0 Å². The molecule has 0 bridgehead atoms. The lowest BCUT2D eigenvalue weighted by atomic mass is 9.64. The summed E-state index contributed by atoms with van der Waals surface area (Å²) in [5.74, 6) is 0. The first kappa shape index (κ1) is 38.7. The lowest BCUT2D eigenvalue weighted by Crippen LogP contribution is -2.79. The summed E-state index contributed by atoms with van der Waals surface area (Å²) in [5.41, 5.74) is 10.5. The Balaban J connectivity index is 1.09. The monoisotopic (exact) mass is 873 g/mol. The molecule has 0 saturated carbocycles. The zero-order valence-corrected chi connectivity index (χ0v) is 38.0. The Morgan fingerprint density at radius 1 is 0.318 bits per heavy atom. The van der Waals surface area contributed by atoms with Crippen molar-refractivity contribution in [2.24, 2.45) is 0 Å². The second-order valence-corrected chi connectivity index (χ2v) is 22.4. The molecule has 0 saturated heterocycles. The van der Waals surface area contributed by atoms with Crippen molar-refractivity contribution in [2.75, 3.05) is 4.90 Å². The summed E-state index contributed by atoms with van der Waals surface area (Å²) >= 11 is 1.90. The standard InChI is InChI=1S/C63H43NSSi/c1-4-18-44(19-5-1)45-34-36-48(37-35-45)64(49-38-40-54-47(42-49)33-32-46-20-10-11-25-53(46)54)50-39-41-60-58(43-50)63(55-26-12-15-29-59(55)65-60)56-27-13-16-30-61(56)66(51-21-6-2-7-22-51,52-23-8-3-9-24-52)62-31-17-14-28-57(62)63/h1-43H. The van der Waals surface area contributed by atoms with E-state index in [2.05, 4.69) is 266 Å². The van der Waals surface area contributed by atoms with Gasteiger partial charge in [0.2, 0.25) is 0 Å². The fourth-order valence-corrected chi connectivity index (χ4v) is 18.0. The molecule has 11 aromatic rings. The van der Waals surface area contributed by atoms with Crippen molar-refractivity contribution in [3.05, 3.63) is 283 Å². The Hall–Kier alpha value is -7.69. The van der Waals surface area contributed by atoms with Crippen molar-refractivity contribution in [1.29, 1.82) is 0 Å². The molecule has 0 unspecified atom stereocenters. The maximum Gasteiger partial charge on any atom is 0.180 e. The van der Waals surface area contributed by atoms with Crippen LogP contribution in [0.2, 0.25) is 0 Å². The molecule has 0 radical (unpaired) electrons. The van der Waals surface area contributed by atoms with Crippen LogP contribution in [-0.4, -0.2) is 8.07 Å². The third-order valence-corrected chi connectivity index (χ3v) is 20.3. The highest BCUT2D eigenvalue weighted by atomic mass is 32.2. The van der Waals surface area contributed by atoms with Crippen LogP contribution < -0.4 is 25.6 Å². The van der Waals surface area contributed by atoms with Gasteiger partial charge in [-0.05, 0) is 124 Å². The second-order valence-electron chi connectivity index (χ2n) is 17.5. The molecule has 2 heterocycles. The average Bonchev–Trinajstić information content (AvgIpc) is 3.40. The number of rotatable bonds is 6. The molecular weight excluding hydrogens is 831 g/mol. The van der Waals surface area contributed by atoms with E-state index in [1.807, 2.05) is 11.8 Å². The maximum absolute atomic E-state index is 2.87. The van der Waals surface area contributed by atoms with E-state index < -0.39 is 13.5 Å². The molecular formula is C63H43NSSi. The van der Waals surface area contributed by atoms with Crippen LogP contribution in [0.5, 0.6) is 0 Å². The topological polar surface area (TPSA) is 3.24 Å². The van der Waals surface area contributed by atoms with Crippen LogP contribution in [-0.2, 0) is 5.41 Å². The molecule has 0 atom stereocenters. The fourth-order valence-electron chi connectivity index (χ4n) is 11.5. The van der Waals surface area contributed by atoms with Crippen LogP contribution in [0.4, 0.5) is 17.1 Å². The Bertz CT molecular complexity index is 3530. The number of nitrogens with zero attached hydrogens (tertiary/aromatic N) is 1. The molecule has 0 amide bonds. The fraction of sp³-hybridized carbons (Fsp3) is 0.0159. The quantitative estimate of drug-likeness (QED) is 0.121. The molecule has 0 fully saturated rings. The lowest BCUT2D eigenvalue weighted by molar-refractivity contribution is 0.707. The van der Waals surface area contributed by atoms with Gasteiger partial charge in [-0.15, -0.1) is 0 Å². The van der Waals surface area contributed by atoms with Gasteiger partial charge in [-0.2, -0.15) is 0 Å². The van der Waals surface area contributed by atoms with E-state index in [1.165, 1.54) is 85.5 Å². The number of anilines is 3. The van der Waals surface area contributed by atoms with Gasteiger partial charge in [0.15, 0.2) is 8.07 Å². The Morgan fingerprint density at radius 2 is 0.803 bits per heavy atom. The molecule has 0 N–H and O–H groups in total. The van der Waals surface area contributed by atoms with Crippen molar-refractivity contribution in [3.63, 3.8) is 0 Å². The molecule has 0 aromatic heterocycles. The van der Waals surface area contributed by atoms with E-state index in [1.54, 1.807) is 0 Å². The van der Waals surface area contributed by atoms with E-state index in [0.29, 0.717) is 0 Å². The maximum atomic E-state index is 2.53. The van der Waals surface area contributed by atoms with Crippen molar-refractivity contribution >= 4 is 79.2 Å². The molecule has 11 aromatic carbocycles. The first-order chi connectivity index (χ1) is 32.7. The third-order valence-electron chi connectivity index (χ3n) is 14.2. The molecule has 1 spiro atoms. The van der Waals surface area contributed by atoms with Crippen molar-refractivity contribution in [1.82, 2.24) is 0 Å². The predicted octanol–water partition coefficient (Wildman–Crippen LogP) is 13.7. The zero-order valence-electron chi connectivity index (χ0n) is 36.2. The van der Waals surface area contributed by atoms with Gasteiger partial charge in [0.05, 0.1) is 5.41 Å². The number of hydrogen-bond donors (Lipinski definition) is 0. The van der Waals surface area contributed by atoms with E-state index in [4.69, 9.17) is 0 Å². The van der Waals surface area contributed by atoms with Gasteiger partial charge in [-0.25, -0.2) is 0 Å². The zero-order chi connectivity index (χ0) is 43.7. The van der Waals surface area contributed by atoms with Crippen molar-refractivity contribution in [3.8, 4) is 11.1 Å². The van der Waals surface area contributed by atoms with Gasteiger partial charge >= 0.3 is 0 Å². The van der Waals surface area contributed by atoms with Crippen LogP contribution in [0.25, 0.3) is 32.7 Å². The van der Waals surface area contributed by atoms with Crippen molar-refractivity contribution in [2.45, 2.75) is 15.2 Å². The largest absolute Gasteiger partial charge is 0.310 e. The molecule has 1 nitrogen and oxygen atoms in total. The highest BCUT2D eigenvalue weighted by molar-refractivity contribution is 7.99. The van der Waals surface area contributed by atoms with Crippen molar-refractivity contribution < 1.29 is 0 Å². The Morgan fingerprint density at radius 3 is 1.50 bits per heavy atom. The highest BCUT2D eigenvalue weighted by Gasteiger charge is 2.57. The SMILES string of the molecule is c1ccc(-c2ccc(N(c3ccc4c(c3)C3(c5ccccc5S4)c4ccccc4[Si](c4ccccc4)(c4ccccc4)c4ccccc43)c3ccc4c(ccc5ccccc54)c3)cc2)cc1. The molecule has 66 heavy (non-hydrogen) atoms. The molecule has 0 aliphatic carbocycles. The van der Waals surface area contributed by atoms with Gasteiger partial charge < -0.3 is 4.90 Å². The Labute approximate surface area is 391 Å². The number of benzene rings is 11. The van der Waals surface area contributed by atoms with Gasteiger partial charge in [0.25, 0.3) is 0 Å². The van der Waals surface area contributed by atoms with Crippen LogP contribution >= 0.6 is 11.8 Å². The van der Waals surface area contributed by atoms with Gasteiger partial charge in [0.1, 0.15) is 0 Å².